The van der Waals surface area contributed by atoms with Crippen LogP contribution in [0.5, 0.6) is 5.75 Å². The fraction of sp³-hybridized carbons (Fsp3) is 0.133. The summed E-state index contributed by atoms with van der Waals surface area (Å²) >= 11 is 0. The Labute approximate surface area is 132 Å². The third-order valence-corrected chi connectivity index (χ3v) is 4.94. The van der Waals surface area contributed by atoms with E-state index in [9.17, 15) is 13.2 Å². The maximum Gasteiger partial charge on any atom is 0.326 e. The highest BCUT2D eigenvalue weighted by atomic mass is 32.2. The first-order chi connectivity index (χ1) is 10.9. The van der Waals surface area contributed by atoms with Gasteiger partial charge in [-0.25, -0.2) is 13.2 Å². The Bertz CT molecular complexity index is 1030. The van der Waals surface area contributed by atoms with Crippen molar-refractivity contribution in [3.8, 4) is 5.75 Å². The molecule has 1 aromatic heterocycles. The Morgan fingerprint density at radius 1 is 1.17 bits per heavy atom. The minimum atomic E-state index is -3.80. The van der Waals surface area contributed by atoms with Gasteiger partial charge in [-0.1, -0.05) is 12.1 Å². The number of nitrogens with one attached hydrogen (secondary N) is 2. The number of ether oxygens (including phenoxy) is 1. The number of aromatic amines is 1. The Morgan fingerprint density at radius 3 is 2.65 bits per heavy atom. The summed E-state index contributed by atoms with van der Waals surface area (Å²) in [6.45, 7) is 0. The molecule has 7 nitrogen and oxygen atoms in total. The molecule has 0 bridgehead atoms. The number of sulfonamides is 1. The molecule has 2 aromatic carbocycles. The second-order valence-electron chi connectivity index (χ2n) is 4.98. The van der Waals surface area contributed by atoms with Gasteiger partial charge in [0.15, 0.2) is 0 Å². The van der Waals surface area contributed by atoms with Crippen LogP contribution in [-0.2, 0) is 17.1 Å². The number of hydrogen-bond donors (Lipinski definition) is 2. The van der Waals surface area contributed by atoms with Crippen molar-refractivity contribution in [2.75, 3.05) is 11.8 Å². The smallest absolute Gasteiger partial charge is 0.326 e. The summed E-state index contributed by atoms with van der Waals surface area (Å²) in [4.78, 5) is 14.3. The van der Waals surface area contributed by atoms with Gasteiger partial charge in [0.25, 0.3) is 10.0 Å². The maximum atomic E-state index is 12.5. The normalized spacial score (nSPS) is 11.6. The fourth-order valence-corrected chi connectivity index (χ4v) is 3.57. The number of hydrogen-bond acceptors (Lipinski definition) is 4. The molecule has 0 radical (unpaired) electrons. The number of methoxy groups -OCH3 is 1. The molecule has 0 unspecified atom stereocenters. The number of nitrogens with zero attached hydrogens (tertiary/aromatic N) is 1. The molecule has 2 N–H and O–H groups in total. The van der Waals surface area contributed by atoms with Gasteiger partial charge in [0, 0.05) is 7.05 Å². The third-order valence-electron chi connectivity index (χ3n) is 3.51. The zero-order valence-electron chi connectivity index (χ0n) is 12.5. The van der Waals surface area contributed by atoms with E-state index in [-0.39, 0.29) is 16.3 Å². The Balaban J connectivity index is 2.02. The Kier molecular flexibility index (Phi) is 3.61. The largest absolute Gasteiger partial charge is 0.495 e. The van der Waals surface area contributed by atoms with Gasteiger partial charge in [-0.2, -0.15) is 0 Å². The summed E-state index contributed by atoms with van der Waals surface area (Å²) in [6, 6.07) is 11.2. The van der Waals surface area contributed by atoms with E-state index < -0.39 is 10.0 Å². The molecule has 0 amide bonds. The van der Waals surface area contributed by atoms with E-state index >= 15 is 0 Å². The fourth-order valence-electron chi connectivity index (χ4n) is 2.35. The zero-order chi connectivity index (χ0) is 16.6. The van der Waals surface area contributed by atoms with Crippen LogP contribution in [0, 0.1) is 0 Å². The van der Waals surface area contributed by atoms with E-state index in [0.717, 1.165) is 0 Å². The molecule has 0 saturated carbocycles. The molecule has 3 aromatic rings. The number of rotatable bonds is 4. The van der Waals surface area contributed by atoms with Crippen molar-refractivity contribution >= 4 is 26.7 Å². The molecule has 8 heteroatoms. The van der Waals surface area contributed by atoms with Gasteiger partial charge in [-0.05, 0) is 30.3 Å². The van der Waals surface area contributed by atoms with Gasteiger partial charge < -0.3 is 9.72 Å². The van der Waals surface area contributed by atoms with Crippen molar-refractivity contribution < 1.29 is 13.2 Å². The molecule has 23 heavy (non-hydrogen) atoms. The van der Waals surface area contributed by atoms with E-state index in [1.54, 1.807) is 43.4 Å². The topological polar surface area (TPSA) is 93.2 Å². The van der Waals surface area contributed by atoms with Crippen molar-refractivity contribution in [2.45, 2.75) is 4.90 Å². The maximum absolute atomic E-state index is 12.5. The van der Waals surface area contributed by atoms with Gasteiger partial charge in [-0.3, -0.25) is 9.29 Å². The summed E-state index contributed by atoms with van der Waals surface area (Å²) in [6.07, 6.45) is 0. The highest BCUT2D eigenvalue weighted by molar-refractivity contribution is 7.92. The lowest BCUT2D eigenvalue weighted by molar-refractivity contribution is 0.403. The van der Waals surface area contributed by atoms with E-state index in [4.69, 9.17) is 4.74 Å². The van der Waals surface area contributed by atoms with Crippen molar-refractivity contribution in [3.63, 3.8) is 0 Å². The average molecular weight is 333 g/mol. The number of anilines is 1. The van der Waals surface area contributed by atoms with Gasteiger partial charge in [0.2, 0.25) is 0 Å². The van der Waals surface area contributed by atoms with Crippen LogP contribution in [0.1, 0.15) is 0 Å². The predicted molar refractivity (Wildman–Crippen MR) is 87.3 cm³/mol. The SMILES string of the molecule is COc1ccccc1S(=O)(=O)Nc1ccc2c(c1)[nH]c(=O)n2C. The van der Waals surface area contributed by atoms with Crippen LogP contribution in [0.4, 0.5) is 5.69 Å². The first-order valence-electron chi connectivity index (χ1n) is 6.77. The van der Waals surface area contributed by atoms with Crippen molar-refractivity contribution in [1.29, 1.82) is 0 Å². The average Bonchev–Trinajstić information content (AvgIpc) is 2.81. The van der Waals surface area contributed by atoms with Crippen LogP contribution in [0.3, 0.4) is 0 Å². The number of aromatic nitrogens is 2. The highest BCUT2D eigenvalue weighted by Gasteiger charge is 2.19. The van der Waals surface area contributed by atoms with E-state index in [0.29, 0.717) is 16.7 Å². The summed E-state index contributed by atoms with van der Waals surface area (Å²) in [5, 5.41) is 0. The molecule has 1 heterocycles. The van der Waals surface area contributed by atoms with Gasteiger partial charge in [0.05, 0.1) is 23.8 Å². The standard InChI is InChI=1S/C15H15N3O4S/c1-18-12-8-7-10(9-11(12)16-15(18)19)17-23(20,21)14-6-4-3-5-13(14)22-2/h3-9,17H,1-2H3,(H,16,19). The van der Waals surface area contributed by atoms with Crippen LogP contribution in [0.2, 0.25) is 0 Å². The minimum absolute atomic E-state index is 0.0455. The second kappa shape index (κ2) is 5.47. The monoisotopic (exact) mass is 333 g/mol. The molecule has 0 fully saturated rings. The predicted octanol–water partition coefficient (Wildman–Crippen LogP) is 1.68. The molecular weight excluding hydrogens is 318 g/mol. The molecule has 0 saturated heterocycles. The van der Waals surface area contributed by atoms with E-state index in [1.165, 1.54) is 17.7 Å². The zero-order valence-corrected chi connectivity index (χ0v) is 13.3. The molecule has 3 rings (SSSR count). The van der Waals surface area contributed by atoms with Crippen LogP contribution >= 0.6 is 0 Å². The van der Waals surface area contributed by atoms with Gasteiger partial charge >= 0.3 is 5.69 Å². The highest BCUT2D eigenvalue weighted by Crippen LogP contribution is 2.26. The lowest BCUT2D eigenvalue weighted by Crippen LogP contribution is -2.14. The third kappa shape index (κ3) is 2.68. The van der Waals surface area contributed by atoms with Crippen molar-refractivity contribution in [3.05, 3.63) is 52.9 Å². The summed E-state index contributed by atoms with van der Waals surface area (Å²) in [5.74, 6) is 0.259. The lowest BCUT2D eigenvalue weighted by atomic mass is 10.3. The summed E-state index contributed by atoms with van der Waals surface area (Å²) in [7, 11) is -0.751. The number of imidazole rings is 1. The summed E-state index contributed by atoms with van der Waals surface area (Å²) < 4.78 is 34.1. The van der Waals surface area contributed by atoms with Crippen molar-refractivity contribution in [1.82, 2.24) is 9.55 Å². The minimum Gasteiger partial charge on any atom is -0.495 e. The van der Waals surface area contributed by atoms with Crippen molar-refractivity contribution in [2.24, 2.45) is 7.05 Å². The van der Waals surface area contributed by atoms with Crippen LogP contribution in [-0.4, -0.2) is 25.1 Å². The Hall–Kier alpha value is -2.74. The quantitative estimate of drug-likeness (QED) is 0.759. The van der Waals surface area contributed by atoms with E-state index in [2.05, 4.69) is 9.71 Å². The van der Waals surface area contributed by atoms with Crippen LogP contribution < -0.4 is 15.1 Å². The lowest BCUT2D eigenvalue weighted by Gasteiger charge is -2.11. The molecule has 120 valence electrons. The first-order valence-corrected chi connectivity index (χ1v) is 8.25. The van der Waals surface area contributed by atoms with E-state index in [1.807, 2.05) is 0 Å². The molecular formula is C15H15N3O4S. The second-order valence-corrected chi connectivity index (χ2v) is 6.63. The Morgan fingerprint density at radius 2 is 1.91 bits per heavy atom. The number of benzene rings is 2. The number of aryl methyl sites for hydroxylation is 1. The molecule has 0 aliphatic carbocycles. The van der Waals surface area contributed by atoms with Gasteiger partial charge in [-0.15, -0.1) is 0 Å². The molecule has 0 atom stereocenters. The first kappa shape index (κ1) is 15.2. The van der Waals surface area contributed by atoms with Crippen LogP contribution in [0.15, 0.2) is 52.2 Å². The number of para-hydroxylation sites is 1. The number of H-pyrrole nitrogens is 1. The molecule has 0 aliphatic heterocycles. The van der Waals surface area contributed by atoms with Gasteiger partial charge in [0.1, 0.15) is 10.6 Å². The van der Waals surface area contributed by atoms with Crippen LogP contribution in [0.25, 0.3) is 11.0 Å². The summed E-state index contributed by atoms with van der Waals surface area (Å²) in [5.41, 5.74) is 1.34. The molecule has 0 aliphatic rings. The molecule has 0 spiro atoms. The number of fused-ring (bicyclic) bond motifs is 1.